The van der Waals surface area contributed by atoms with Gasteiger partial charge in [-0.3, -0.25) is 4.79 Å². The van der Waals surface area contributed by atoms with E-state index in [0.29, 0.717) is 31.2 Å². The molecule has 4 rings (SSSR count). The first-order chi connectivity index (χ1) is 12.2. The molecule has 1 aromatic carbocycles. The van der Waals surface area contributed by atoms with Crippen molar-refractivity contribution < 1.29 is 18.8 Å². The molecule has 0 radical (unpaired) electrons. The van der Waals surface area contributed by atoms with Gasteiger partial charge < -0.3 is 19.3 Å². The van der Waals surface area contributed by atoms with Gasteiger partial charge in [0, 0.05) is 18.0 Å². The number of aryl methyl sites for hydroxylation is 1. The van der Waals surface area contributed by atoms with Crippen LogP contribution < -0.4 is 14.8 Å². The van der Waals surface area contributed by atoms with Crippen LogP contribution in [0.1, 0.15) is 47.5 Å². The molecule has 25 heavy (non-hydrogen) atoms. The molecule has 0 bridgehead atoms. The first-order valence-electron chi connectivity index (χ1n) is 8.78. The zero-order chi connectivity index (χ0) is 17.3. The molecule has 0 atom stereocenters. The predicted molar refractivity (Wildman–Crippen MR) is 91.2 cm³/mol. The van der Waals surface area contributed by atoms with E-state index in [1.807, 2.05) is 6.07 Å². The zero-order valence-corrected chi connectivity index (χ0v) is 14.3. The average molecular weight is 342 g/mol. The standard InChI is InChI=1S/C19H22N2O4/c1-13-10-15(21-25-13)18(22)20-12-19(6-2-3-7-19)14-4-5-16-17(11-14)24-9-8-23-16/h4-5,10-11H,2-3,6-9,12H2,1H3,(H,20,22). The van der Waals surface area contributed by atoms with E-state index in [9.17, 15) is 4.79 Å². The Bertz CT molecular complexity index is 777. The van der Waals surface area contributed by atoms with Crippen LogP contribution >= 0.6 is 0 Å². The summed E-state index contributed by atoms with van der Waals surface area (Å²) in [6, 6.07) is 7.81. The van der Waals surface area contributed by atoms with E-state index in [1.165, 1.54) is 5.56 Å². The van der Waals surface area contributed by atoms with Crippen molar-refractivity contribution in [3.63, 3.8) is 0 Å². The van der Waals surface area contributed by atoms with E-state index < -0.39 is 0 Å². The summed E-state index contributed by atoms with van der Waals surface area (Å²) in [6.45, 7) is 3.52. The fraction of sp³-hybridized carbons (Fsp3) is 0.474. The number of carbonyl (C=O) groups excluding carboxylic acids is 1. The fourth-order valence-corrected chi connectivity index (χ4v) is 3.81. The van der Waals surface area contributed by atoms with E-state index in [1.54, 1.807) is 13.0 Å². The van der Waals surface area contributed by atoms with Crippen molar-refractivity contribution >= 4 is 5.91 Å². The van der Waals surface area contributed by atoms with E-state index in [0.717, 1.165) is 37.2 Å². The minimum atomic E-state index is -0.194. The number of hydrogen-bond donors (Lipinski definition) is 1. The molecule has 1 aromatic heterocycles. The molecule has 1 amide bonds. The summed E-state index contributed by atoms with van der Waals surface area (Å²) in [5, 5.41) is 6.83. The topological polar surface area (TPSA) is 73.6 Å². The monoisotopic (exact) mass is 342 g/mol. The maximum absolute atomic E-state index is 12.3. The Morgan fingerprint density at radius 2 is 1.92 bits per heavy atom. The lowest BCUT2D eigenvalue weighted by molar-refractivity contribution is 0.0934. The lowest BCUT2D eigenvalue weighted by Crippen LogP contribution is -2.39. The second kappa shape index (κ2) is 6.43. The first kappa shape index (κ1) is 16.0. The molecule has 132 valence electrons. The number of carbonyl (C=O) groups is 1. The highest BCUT2D eigenvalue weighted by Crippen LogP contribution is 2.43. The summed E-state index contributed by atoms with van der Waals surface area (Å²) in [5.41, 5.74) is 1.46. The van der Waals surface area contributed by atoms with Gasteiger partial charge in [0.2, 0.25) is 0 Å². The molecule has 6 nitrogen and oxygen atoms in total. The number of nitrogens with one attached hydrogen (secondary N) is 1. The number of rotatable bonds is 4. The van der Waals surface area contributed by atoms with Crippen LogP contribution in [0.25, 0.3) is 0 Å². The number of aromatic nitrogens is 1. The molecule has 2 heterocycles. The van der Waals surface area contributed by atoms with Gasteiger partial charge in [-0.15, -0.1) is 0 Å². The van der Waals surface area contributed by atoms with E-state index in [2.05, 4.69) is 22.6 Å². The lowest BCUT2D eigenvalue weighted by Gasteiger charge is -2.31. The van der Waals surface area contributed by atoms with Crippen molar-refractivity contribution in [2.45, 2.75) is 38.0 Å². The molecule has 1 aliphatic carbocycles. The average Bonchev–Trinajstić information content (AvgIpc) is 3.29. The molecule has 6 heteroatoms. The highest BCUT2D eigenvalue weighted by molar-refractivity contribution is 5.92. The highest BCUT2D eigenvalue weighted by Gasteiger charge is 2.37. The summed E-state index contributed by atoms with van der Waals surface area (Å²) in [5.74, 6) is 2.03. The Balaban J connectivity index is 1.54. The summed E-state index contributed by atoms with van der Waals surface area (Å²) in [7, 11) is 0. The van der Waals surface area contributed by atoms with Gasteiger partial charge in [0.15, 0.2) is 17.2 Å². The number of fused-ring (bicyclic) bond motifs is 1. The first-order valence-corrected chi connectivity index (χ1v) is 8.78. The molecule has 0 spiro atoms. The van der Waals surface area contributed by atoms with Crippen LogP contribution in [0.15, 0.2) is 28.8 Å². The van der Waals surface area contributed by atoms with Gasteiger partial charge in [0.05, 0.1) is 0 Å². The number of hydrogen-bond acceptors (Lipinski definition) is 5. The molecule has 2 aromatic rings. The van der Waals surface area contributed by atoms with Gasteiger partial charge in [-0.25, -0.2) is 0 Å². The van der Waals surface area contributed by atoms with Crippen molar-refractivity contribution in [3.05, 3.63) is 41.3 Å². The smallest absolute Gasteiger partial charge is 0.273 e. The largest absolute Gasteiger partial charge is 0.486 e. The van der Waals surface area contributed by atoms with Gasteiger partial charge in [-0.05, 0) is 37.5 Å². The minimum absolute atomic E-state index is 0.0652. The van der Waals surface area contributed by atoms with Crippen molar-refractivity contribution in [3.8, 4) is 11.5 Å². The maximum Gasteiger partial charge on any atom is 0.273 e. The van der Waals surface area contributed by atoms with E-state index in [-0.39, 0.29) is 11.3 Å². The third kappa shape index (κ3) is 3.08. The zero-order valence-electron chi connectivity index (χ0n) is 14.3. The Hall–Kier alpha value is -2.50. The Morgan fingerprint density at radius 1 is 1.16 bits per heavy atom. The van der Waals surface area contributed by atoms with Crippen molar-refractivity contribution in [1.82, 2.24) is 10.5 Å². The molecule has 1 fully saturated rings. The maximum atomic E-state index is 12.3. The van der Waals surface area contributed by atoms with Crippen molar-refractivity contribution in [2.75, 3.05) is 19.8 Å². The van der Waals surface area contributed by atoms with Crippen LogP contribution in [0.2, 0.25) is 0 Å². The summed E-state index contributed by atoms with van der Waals surface area (Å²) < 4.78 is 16.3. The summed E-state index contributed by atoms with van der Waals surface area (Å²) >= 11 is 0. The Kier molecular flexibility index (Phi) is 4.11. The van der Waals surface area contributed by atoms with Crippen molar-refractivity contribution in [1.29, 1.82) is 0 Å². The summed E-state index contributed by atoms with van der Waals surface area (Å²) in [6.07, 6.45) is 4.41. The molecular formula is C19H22N2O4. The molecular weight excluding hydrogens is 320 g/mol. The third-order valence-electron chi connectivity index (χ3n) is 5.16. The number of benzene rings is 1. The van der Waals surface area contributed by atoms with E-state index >= 15 is 0 Å². The SMILES string of the molecule is Cc1cc(C(=O)NCC2(c3ccc4c(c3)OCCO4)CCCC2)no1. The third-order valence-corrected chi connectivity index (χ3v) is 5.16. The van der Waals surface area contributed by atoms with Gasteiger partial charge in [0.25, 0.3) is 5.91 Å². The second-order valence-electron chi connectivity index (χ2n) is 6.85. The molecule has 1 N–H and O–H groups in total. The van der Waals surface area contributed by atoms with Crippen LogP contribution in [0.4, 0.5) is 0 Å². The molecule has 2 aliphatic rings. The van der Waals surface area contributed by atoms with Crippen LogP contribution in [0.5, 0.6) is 11.5 Å². The second-order valence-corrected chi connectivity index (χ2v) is 6.85. The predicted octanol–water partition coefficient (Wildman–Crippen LogP) is 3.00. The highest BCUT2D eigenvalue weighted by atomic mass is 16.6. The van der Waals surface area contributed by atoms with Crippen LogP contribution in [-0.2, 0) is 5.41 Å². The van der Waals surface area contributed by atoms with E-state index in [4.69, 9.17) is 14.0 Å². The van der Waals surface area contributed by atoms with Crippen LogP contribution in [0.3, 0.4) is 0 Å². The number of nitrogens with zero attached hydrogens (tertiary/aromatic N) is 1. The minimum Gasteiger partial charge on any atom is -0.486 e. The molecule has 0 saturated heterocycles. The van der Waals surface area contributed by atoms with Crippen LogP contribution in [0, 0.1) is 6.92 Å². The van der Waals surface area contributed by atoms with Gasteiger partial charge in [-0.2, -0.15) is 0 Å². The number of amides is 1. The van der Waals surface area contributed by atoms with Crippen LogP contribution in [-0.4, -0.2) is 30.8 Å². The summed E-state index contributed by atoms with van der Waals surface area (Å²) in [4.78, 5) is 12.3. The number of ether oxygens (including phenoxy) is 2. The van der Waals surface area contributed by atoms with Gasteiger partial charge >= 0.3 is 0 Å². The lowest BCUT2D eigenvalue weighted by atomic mass is 9.78. The quantitative estimate of drug-likeness (QED) is 0.925. The molecule has 0 unspecified atom stereocenters. The Labute approximate surface area is 146 Å². The normalized spacial score (nSPS) is 18.1. The molecule has 1 saturated carbocycles. The fourth-order valence-electron chi connectivity index (χ4n) is 3.81. The molecule has 1 aliphatic heterocycles. The Morgan fingerprint density at radius 3 is 2.64 bits per heavy atom. The van der Waals surface area contributed by atoms with Gasteiger partial charge in [0.1, 0.15) is 19.0 Å². The van der Waals surface area contributed by atoms with Gasteiger partial charge in [-0.1, -0.05) is 24.1 Å². The van der Waals surface area contributed by atoms with Crippen molar-refractivity contribution in [2.24, 2.45) is 0 Å².